The number of likely N-dealkylation sites (N-methyl/N-ethyl adjacent to an activating group) is 1. The number of aromatic amines is 1. The molecule has 0 saturated heterocycles. The van der Waals surface area contributed by atoms with Crippen LogP contribution in [0.25, 0.3) is 10.9 Å². The summed E-state index contributed by atoms with van der Waals surface area (Å²) in [5.74, 6) is -0.435. The van der Waals surface area contributed by atoms with Gasteiger partial charge in [0.2, 0.25) is 0 Å². The van der Waals surface area contributed by atoms with E-state index in [1.807, 2.05) is 42.5 Å². The van der Waals surface area contributed by atoms with Crippen LogP contribution in [0, 0.1) is 0 Å². The van der Waals surface area contributed by atoms with E-state index in [1.54, 1.807) is 26.4 Å². The summed E-state index contributed by atoms with van der Waals surface area (Å²) in [6, 6.07) is 15.3. The third kappa shape index (κ3) is 3.15. The van der Waals surface area contributed by atoms with Crippen molar-refractivity contribution < 1.29 is 14.3 Å². The predicted octanol–water partition coefficient (Wildman–Crippen LogP) is 3.02. The molecule has 0 fully saturated rings. The van der Waals surface area contributed by atoms with Gasteiger partial charge >= 0.3 is 0 Å². The Morgan fingerprint density at radius 1 is 1.08 bits per heavy atom. The van der Waals surface area contributed by atoms with Gasteiger partial charge in [-0.2, -0.15) is 0 Å². The van der Waals surface area contributed by atoms with Crippen LogP contribution >= 0.6 is 0 Å². The molecular weight excluding hydrogens is 304 g/mol. The van der Waals surface area contributed by atoms with Crippen molar-refractivity contribution in [2.24, 2.45) is 0 Å². The minimum Gasteiger partial charge on any atom is -0.489 e. The number of hydrogen-bond donors (Lipinski definition) is 1. The number of ketones is 1. The van der Waals surface area contributed by atoms with E-state index < -0.39 is 11.7 Å². The third-order valence-corrected chi connectivity index (χ3v) is 3.75. The Balaban J connectivity index is 1.86. The number of Topliss-reactive ketones (excluding diaryl/α,β-unsaturated/α-hetero) is 1. The van der Waals surface area contributed by atoms with E-state index in [1.165, 1.54) is 4.90 Å². The minimum absolute atomic E-state index is 0.355. The van der Waals surface area contributed by atoms with Crippen LogP contribution in [0.4, 0.5) is 0 Å². The Morgan fingerprint density at radius 2 is 1.83 bits per heavy atom. The van der Waals surface area contributed by atoms with E-state index in [9.17, 15) is 9.59 Å². The zero-order valence-electron chi connectivity index (χ0n) is 13.6. The molecule has 0 aliphatic heterocycles. The number of aromatic nitrogens is 1. The highest BCUT2D eigenvalue weighted by Crippen LogP contribution is 2.25. The molecule has 24 heavy (non-hydrogen) atoms. The van der Waals surface area contributed by atoms with Crippen molar-refractivity contribution in [3.8, 4) is 5.75 Å². The highest BCUT2D eigenvalue weighted by molar-refractivity contribution is 6.44. The average molecular weight is 322 g/mol. The Hall–Kier alpha value is -3.08. The van der Waals surface area contributed by atoms with Gasteiger partial charge in [0.05, 0.1) is 5.56 Å². The molecule has 5 nitrogen and oxygen atoms in total. The van der Waals surface area contributed by atoms with Gasteiger partial charge in [-0.05, 0) is 23.8 Å². The lowest BCUT2D eigenvalue weighted by molar-refractivity contribution is -0.124. The van der Waals surface area contributed by atoms with E-state index >= 15 is 0 Å². The molecule has 3 rings (SSSR count). The third-order valence-electron chi connectivity index (χ3n) is 3.75. The van der Waals surface area contributed by atoms with Crippen molar-refractivity contribution in [3.05, 3.63) is 65.9 Å². The molecule has 3 aromatic rings. The summed E-state index contributed by atoms with van der Waals surface area (Å²) in [5, 5.41) is 0.681. The molecule has 5 heteroatoms. The average Bonchev–Trinajstić information content (AvgIpc) is 3.02. The second-order valence-corrected chi connectivity index (χ2v) is 5.71. The Morgan fingerprint density at radius 3 is 2.54 bits per heavy atom. The maximum atomic E-state index is 12.3. The molecule has 1 amide bonds. The maximum absolute atomic E-state index is 12.3. The number of H-pyrrole nitrogens is 1. The normalized spacial score (nSPS) is 10.6. The topological polar surface area (TPSA) is 62.4 Å². The fourth-order valence-electron chi connectivity index (χ4n) is 2.44. The Labute approximate surface area is 139 Å². The Kier molecular flexibility index (Phi) is 4.33. The lowest BCUT2D eigenvalue weighted by Crippen LogP contribution is -2.29. The van der Waals surface area contributed by atoms with Crippen molar-refractivity contribution in [1.29, 1.82) is 0 Å². The number of benzene rings is 2. The largest absolute Gasteiger partial charge is 0.489 e. The number of rotatable bonds is 5. The summed E-state index contributed by atoms with van der Waals surface area (Å²) in [6.07, 6.45) is 1.56. The van der Waals surface area contributed by atoms with E-state index in [2.05, 4.69) is 4.98 Å². The van der Waals surface area contributed by atoms with Gasteiger partial charge in [0.15, 0.2) is 0 Å². The lowest BCUT2D eigenvalue weighted by Gasteiger charge is -2.09. The van der Waals surface area contributed by atoms with Crippen LogP contribution in [0.5, 0.6) is 5.75 Å². The number of carbonyl (C=O) groups is 2. The summed E-state index contributed by atoms with van der Waals surface area (Å²) in [6.45, 7) is 0.441. The van der Waals surface area contributed by atoms with Crippen LogP contribution in [0.15, 0.2) is 54.7 Å². The molecule has 122 valence electrons. The van der Waals surface area contributed by atoms with Crippen LogP contribution in [0.1, 0.15) is 15.9 Å². The van der Waals surface area contributed by atoms with Gasteiger partial charge < -0.3 is 14.6 Å². The minimum atomic E-state index is -0.550. The first-order valence-corrected chi connectivity index (χ1v) is 7.60. The molecule has 0 radical (unpaired) electrons. The van der Waals surface area contributed by atoms with Crippen molar-refractivity contribution in [3.63, 3.8) is 0 Å². The fourth-order valence-corrected chi connectivity index (χ4v) is 2.44. The molecule has 1 heterocycles. The summed E-state index contributed by atoms with van der Waals surface area (Å²) in [4.78, 5) is 28.5. The SMILES string of the molecule is CN(C)C(=O)C(=O)c1c[nH]c2ccc(OCc3ccccc3)cc12. The first-order chi connectivity index (χ1) is 11.6. The van der Waals surface area contributed by atoms with E-state index in [0.717, 1.165) is 11.1 Å². The smallest absolute Gasteiger partial charge is 0.294 e. The summed E-state index contributed by atoms with van der Waals surface area (Å²) < 4.78 is 5.79. The van der Waals surface area contributed by atoms with Crippen LogP contribution in [-0.2, 0) is 11.4 Å². The molecule has 0 saturated carbocycles. The molecule has 2 aromatic carbocycles. The number of amides is 1. The van der Waals surface area contributed by atoms with Gasteiger partial charge in [0.25, 0.3) is 11.7 Å². The van der Waals surface area contributed by atoms with Crippen molar-refractivity contribution >= 4 is 22.6 Å². The first-order valence-electron chi connectivity index (χ1n) is 7.60. The molecule has 0 atom stereocenters. The quantitative estimate of drug-likeness (QED) is 0.580. The fraction of sp³-hybridized carbons (Fsp3) is 0.158. The van der Waals surface area contributed by atoms with Crippen molar-refractivity contribution in [2.75, 3.05) is 14.1 Å². The number of nitrogens with zero attached hydrogens (tertiary/aromatic N) is 1. The Bertz CT molecular complexity index is 882. The van der Waals surface area contributed by atoms with Crippen molar-refractivity contribution in [1.82, 2.24) is 9.88 Å². The zero-order chi connectivity index (χ0) is 17.1. The zero-order valence-corrected chi connectivity index (χ0v) is 13.6. The van der Waals surface area contributed by atoms with Crippen molar-refractivity contribution in [2.45, 2.75) is 6.61 Å². The van der Waals surface area contributed by atoms with Crippen LogP contribution in [0.3, 0.4) is 0 Å². The highest BCUT2D eigenvalue weighted by Gasteiger charge is 2.21. The number of ether oxygens (including phenoxy) is 1. The van der Waals surface area contributed by atoms with Gasteiger partial charge in [-0.3, -0.25) is 9.59 Å². The second kappa shape index (κ2) is 6.58. The molecule has 0 aliphatic carbocycles. The van der Waals surface area contributed by atoms with Gasteiger partial charge in [-0.1, -0.05) is 30.3 Å². The first kappa shape index (κ1) is 15.8. The number of carbonyl (C=O) groups excluding carboxylic acids is 2. The predicted molar refractivity (Wildman–Crippen MR) is 92.1 cm³/mol. The lowest BCUT2D eigenvalue weighted by atomic mass is 10.1. The number of nitrogens with one attached hydrogen (secondary N) is 1. The maximum Gasteiger partial charge on any atom is 0.294 e. The van der Waals surface area contributed by atoms with E-state index in [0.29, 0.717) is 23.3 Å². The summed E-state index contributed by atoms with van der Waals surface area (Å²) >= 11 is 0. The molecule has 0 aliphatic rings. The van der Waals surface area contributed by atoms with Gasteiger partial charge in [-0.25, -0.2) is 0 Å². The van der Waals surface area contributed by atoms with Crippen LogP contribution in [0.2, 0.25) is 0 Å². The second-order valence-electron chi connectivity index (χ2n) is 5.71. The number of fused-ring (bicyclic) bond motifs is 1. The molecule has 0 unspecified atom stereocenters. The molecular formula is C19H18N2O3. The van der Waals surface area contributed by atoms with Gasteiger partial charge in [-0.15, -0.1) is 0 Å². The van der Waals surface area contributed by atoms with E-state index in [-0.39, 0.29) is 0 Å². The summed E-state index contributed by atoms with van der Waals surface area (Å²) in [5.41, 5.74) is 2.21. The van der Waals surface area contributed by atoms with Crippen LogP contribution in [-0.4, -0.2) is 35.7 Å². The standard InChI is InChI=1S/C19H18N2O3/c1-21(2)19(23)18(22)16-11-20-17-9-8-14(10-15(16)17)24-12-13-6-4-3-5-7-13/h3-11,20H,12H2,1-2H3. The number of hydrogen-bond acceptors (Lipinski definition) is 3. The monoisotopic (exact) mass is 322 g/mol. The van der Waals surface area contributed by atoms with Gasteiger partial charge in [0.1, 0.15) is 12.4 Å². The van der Waals surface area contributed by atoms with Gasteiger partial charge in [0, 0.05) is 31.2 Å². The molecule has 1 aromatic heterocycles. The van der Waals surface area contributed by atoms with Crippen LogP contribution < -0.4 is 4.74 Å². The highest BCUT2D eigenvalue weighted by atomic mass is 16.5. The molecule has 0 bridgehead atoms. The molecule has 0 spiro atoms. The van der Waals surface area contributed by atoms with E-state index in [4.69, 9.17) is 4.74 Å². The molecule has 1 N–H and O–H groups in total. The summed E-state index contributed by atoms with van der Waals surface area (Å²) in [7, 11) is 3.12.